The van der Waals surface area contributed by atoms with Crippen molar-refractivity contribution in [3.8, 4) is 0 Å². The minimum atomic E-state index is 1.32. The number of hydrogen-bond donors (Lipinski definition) is 0. The molecule has 7 heavy (non-hydrogen) atoms. The van der Waals surface area contributed by atoms with Crippen LogP contribution < -0.4 is 0 Å². The van der Waals surface area contributed by atoms with Crippen LogP contribution in [0.25, 0.3) is 0 Å². The summed E-state index contributed by atoms with van der Waals surface area (Å²) in [5.74, 6) is 0. The second-order valence-electron chi connectivity index (χ2n) is 1.71. The average molecular weight is 99.2 g/mol. The largest absolute Gasteiger partial charge is 0.304 e. The van der Waals surface area contributed by atoms with Gasteiger partial charge in [0.1, 0.15) is 0 Å². The summed E-state index contributed by atoms with van der Waals surface area (Å²) in [4.78, 5) is 2.25. The maximum absolute atomic E-state index is 3.36. The van der Waals surface area contributed by atoms with E-state index in [1.165, 1.54) is 13.1 Å². The Bertz CT molecular complexity index is 46.1. The molecular formula is C6H13N. The average Bonchev–Trinajstić information content (AvgIpc) is 2.25. The Balaban J connectivity index is 0.000000110. The fourth-order valence-electron chi connectivity index (χ4n) is 0.1000. The second kappa shape index (κ2) is 3.88. The highest BCUT2D eigenvalue weighted by Crippen LogP contribution is 1.93. The van der Waals surface area contributed by atoms with Gasteiger partial charge in [-0.25, -0.2) is 0 Å². The quantitative estimate of drug-likeness (QED) is 0.325. The summed E-state index contributed by atoms with van der Waals surface area (Å²) in [7, 11) is 2.11. The van der Waals surface area contributed by atoms with Gasteiger partial charge in [0.15, 0.2) is 0 Å². The Morgan fingerprint density at radius 1 is 1.57 bits per heavy atom. The number of likely N-dealkylation sites (N-methyl/N-ethyl adjacent to an activating group) is 1. The monoisotopic (exact) mass is 99.1 g/mol. The van der Waals surface area contributed by atoms with E-state index in [0.717, 1.165) is 0 Å². The van der Waals surface area contributed by atoms with Crippen molar-refractivity contribution in [3.05, 3.63) is 12.7 Å². The lowest BCUT2D eigenvalue weighted by atomic mass is 10.8. The van der Waals surface area contributed by atoms with Gasteiger partial charge in [0.05, 0.1) is 0 Å². The molecule has 1 fully saturated rings. The summed E-state index contributed by atoms with van der Waals surface area (Å²) in [6.07, 6.45) is 1.75. The molecule has 0 aromatic carbocycles. The number of nitrogens with zero attached hydrogens (tertiary/aromatic N) is 1. The van der Waals surface area contributed by atoms with Crippen LogP contribution in [0.5, 0.6) is 0 Å². The zero-order valence-corrected chi connectivity index (χ0v) is 5.15. The molecule has 1 rings (SSSR count). The highest BCUT2D eigenvalue weighted by atomic mass is 15.2. The second-order valence-corrected chi connectivity index (χ2v) is 1.71. The first-order chi connectivity index (χ1) is 3.31. The molecule has 1 aliphatic heterocycles. The zero-order valence-electron chi connectivity index (χ0n) is 5.15. The first-order valence-corrected chi connectivity index (χ1v) is 2.57. The van der Waals surface area contributed by atoms with Gasteiger partial charge in [0, 0.05) is 13.1 Å². The molecule has 42 valence electrons. The summed E-state index contributed by atoms with van der Waals surface area (Å²) in [5.41, 5.74) is 0. The van der Waals surface area contributed by atoms with Crippen LogP contribution in [-0.2, 0) is 0 Å². The number of rotatable bonds is 0. The van der Waals surface area contributed by atoms with E-state index in [4.69, 9.17) is 0 Å². The van der Waals surface area contributed by atoms with Crippen LogP contribution >= 0.6 is 0 Å². The molecule has 0 spiro atoms. The Labute approximate surface area is 45.6 Å². The van der Waals surface area contributed by atoms with E-state index in [-0.39, 0.29) is 0 Å². The Morgan fingerprint density at radius 2 is 1.71 bits per heavy atom. The lowest BCUT2D eigenvalue weighted by Gasteiger charge is -1.66. The summed E-state index contributed by atoms with van der Waals surface area (Å²) in [5, 5.41) is 0. The molecule has 0 amide bonds. The predicted molar refractivity (Wildman–Crippen MR) is 33.4 cm³/mol. The molecule has 0 aromatic rings. The van der Waals surface area contributed by atoms with Crippen molar-refractivity contribution in [1.82, 2.24) is 4.90 Å². The first kappa shape index (κ1) is 6.70. The van der Waals surface area contributed by atoms with E-state index in [1.54, 1.807) is 6.08 Å². The third kappa shape index (κ3) is 10.7. The molecule has 0 bridgehead atoms. The minimum Gasteiger partial charge on any atom is -0.304 e. The van der Waals surface area contributed by atoms with Gasteiger partial charge in [0.25, 0.3) is 0 Å². The normalized spacial score (nSPS) is 16.9. The predicted octanol–water partition coefficient (Wildman–Crippen LogP) is 1.12. The smallest absolute Gasteiger partial charge is 0.0107 e. The Kier molecular flexibility index (Phi) is 3.71. The molecular weight excluding hydrogens is 86.1 g/mol. The van der Waals surface area contributed by atoms with Gasteiger partial charge in [-0.1, -0.05) is 6.08 Å². The van der Waals surface area contributed by atoms with Gasteiger partial charge >= 0.3 is 0 Å². The van der Waals surface area contributed by atoms with E-state index in [0.29, 0.717) is 0 Å². The first-order valence-electron chi connectivity index (χ1n) is 2.57. The third-order valence-electron chi connectivity index (χ3n) is 0.671. The van der Waals surface area contributed by atoms with Crippen LogP contribution in [0.2, 0.25) is 0 Å². The van der Waals surface area contributed by atoms with E-state index in [2.05, 4.69) is 18.5 Å². The molecule has 0 radical (unpaired) electrons. The highest BCUT2D eigenvalue weighted by Gasteiger charge is 2.07. The van der Waals surface area contributed by atoms with E-state index >= 15 is 0 Å². The number of allylic oxidation sites excluding steroid dienone is 1. The standard InChI is InChI=1S/C3H7N.C3H6/c1-4-2-3-4;1-3-2/h2-3H2,1H3;3H,1H2,2H3. The van der Waals surface area contributed by atoms with Crippen LogP contribution in [-0.4, -0.2) is 25.0 Å². The molecule has 0 aromatic heterocycles. The van der Waals surface area contributed by atoms with Crippen LogP contribution in [0.3, 0.4) is 0 Å². The molecule has 0 aliphatic carbocycles. The van der Waals surface area contributed by atoms with Gasteiger partial charge in [0.2, 0.25) is 0 Å². The van der Waals surface area contributed by atoms with Gasteiger partial charge in [-0.2, -0.15) is 0 Å². The van der Waals surface area contributed by atoms with Crippen LogP contribution in [0, 0.1) is 0 Å². The van der Waals surface area contributed by atoms with Crippen molar-refractivity contribution in [2.75, 3.05) is 20.1 Å². The van der Waals surface area contributed by atoms with Crippen LogP contribution in [0.1, 0.15) is 6.92 Å². The molecule has 0 N–H and O–H groups in total. The van der Waals surface area contributed by atoms with E-state index < -0.39 is 0 Å². The maximum Gasteiger partial charge on any atom is 0.0107 e. The molecule has 1 saturated heterocycles. The third-order valence-corrected chi connectivity index (χ3v) is 0.671. The Morgan fingerprint density at radius 3 is 1.71 bits per heavy atom. The summed E-state index contributed by atoms with van der Waals surface area (Å²) in [6, 6.07) is 0. The fraction of sp³-hybridized carbons (Fsp3) is 0.667. The lowest BCUT2D eigenvalue weighted by Crippen LogP contribution is -1.75. The minimum absolute atomic E-state index is 1.32. The van der Waals surface area contributed by atoms with Crippen molar-refractivity contribution in [1.29, 1.82) is 0 Å². The van der Waals surface area contributed by atoms with E-state index in [9.17, 15) is 0 Å². The van der Waals surface area contributed by atoms with Gasteiger partial charge in [-0.15, -0.1) is 6.58 Å². The van der Waals surface area contributed by atoms with Gasteiger partial charge in [-0.3, -0.25) is 0 Å². The van der Waals surface area contributed by atoms with E-state index in [1.807, 2.05) is 6.92 Å². The van der Waals surface area contributed by atoms with Crippen molar-refractivity contribution in [3.63, 3.8) is 0 Å². The molecule has 1 heteroatoms. The summed E-state index contributed by atoms with van der Waals surface area (Å²) < 4.78 is 0. The highest BCUT2D eigenvalue weighted by molar-refractivity contribution is 4.64. The SMILES string of the molecule is C=CC.CN1CC1. The molecule has 0 saturated carbocycles. The molecule has 0 atom stereocenters. The van der Waals surface area contributed by atoms with Gasteiger partial charge < -0.3 is 4.90 Å². The van der Waals surface area contributed by atoms with Crippen LogP contribution in [0.15, 0.2) is 12.7 Å². The molecule has 1 heterocycles. The van der Waals surface area contributed by atoms with Crippen molar-refractivity contribution >= 4 is 0 Å². The Hall–Kier alpha value is -0.300. The number of hydrogen-bond acceptors (Lipinski definition) is 1. The van der Waals surface area contributed by atoms with Gasteiger partial charge in [-0.05, 0) is 14.0 Å². The molecule has 0 unspecified atom stereocenters. The van der Waals surface area contributed by atoms with Crippen molar-refractivity contribution < 1.29 is 0 Å². The van der Waals surface area contributed by atoms with Crippen molar-refractivity contribution in [2.24, 2.45) is 0 Å². The van der Waals surface area contributed by atoms with Crippen molar-refractivity contribution in [2.45, 2.75) is 6.92 Å². The lowest BCUT2D eigenvalue weighted by molar-refractivity contribution is 0.698. The van der Waals surface area contributed by atoms with Crippen LogP contribution in [0.4, 0.5) is 0 Å². The summed E-state index contributed by atoms with van der Waals surface area (Å²) in [6.45, 7) is 7.89. The fourth-order valence-corrected chi connectivity index (χ4v) is 0.1000. The maximum atomic E-state index is 3.36. The summed E-state index contributed by atoms with van der Waals surface area (Å²) >= 11 is 0. The molecule has 1 nitrogen and oxygen atoms in total. The zero-order chi connectivity index (χ0) is 5.70. The molecule has 1 aliphatic rings. The topological polar surface area (TPSA) is 3.01 Å².